The molecule has 0 bridgehead atoms. The van der Waals surface area contributed by atoms with Gasteiger partial charge in [0.25, 0.3) is 0 Å². The fourth-order valence-corrected chi connectivity index (χ4v) is 1.02. The maximum atomic E-state index is 4.94. The maximum Gasteiger partial charge on any atom is 0.0466 e. The summed E-state index contributed by atoms with van der Waals surface area (Å²) in [4.78, 5) is 0. The van der Waals surface area contributed by atoms with Crippen molar-refractivity contribution in [2.75, 3.05) is 26.4 Å². The van der Waals surface area contributed by atoms with Crippen molar-refractivity contribution in [2.45, 2.75) is 25.7 Å². The zero-order valence-electron chi connectivity index (χ0n) is 7.05. The van der Waals surface area contributed by atoms with E-state index in [1.54, 1.807) is 0 Å². The highest BCUT2D eigenvalue weighted by Crippen LogP contribution is 1.98. The highest BCUT2D eigenvalue weighted by Gasteiger charge is 1.95. The first-order valence-corrected chi connectivity index (χ1v) is 4.15. The van der Waals surface area contributed by atoms with Gasteiger partial charge in [-0.15, -0.1) is 0 Å². The summed E-state index contributed by atoms with van der Waals surface area (Å²) >= 11 is 0. The van der Waals surface area contributed by atoms with Crippen molar-refractivity contribution in [3.8, 4) is 0 Å². The molecule has 0 amide bonds. The van der Waals surface area contributed by atoms with Crippen LogP contribution in [0.25, 0.3) is 0 Å². The Labute approximate surface area is 70.8 Å². The molecule has 0 aliphatic carbocycles. The SMILES string of the molecule is C1CCOC1.C1CCOC1.[B]. The predicted molar refractivity (Wildman–Crippen MR) is 45.9 cm³/mol. The number of hydrogen-bond acceptors (Lipinski definition) is 2. The summed E-state index contributed by atoms with van der Waals surface area (Å²) in [7, 11) is 0. The van der Waals surface area contributed by atoms with E-state index in [0.29, 0.717) is 0 Å². The standard InChI is InChI=1S/2C4H8O.B/c2*1-2-4-5-3-1;/h2*1-4H2;. The quantitative estimate of drug-likeness (QED) is 0.489. The fourth-order valence-electron chi connectivity index (χ4n) is 1.02. The Hall–Kier alpha value is -0.0151. The molecule has 0 saturated carbocycles. The van der Waals surface area contributed by atoms with E-state index in [2.05, 4.69) is 0 Å². The first-order chi connectivity index (χ1) is 5.00. The molecule has 0 aromatic carbocycles. The van der Waals surface area contributed by atoms with Crippen LogP contribution in [0.2, 0.25) is 0 Å². The Morgan fingerprint density at radius 2 is 0.818 bits per heavy atom. The minimum Gasteiger partial charge on any atom is -0.381 e. The molecule has 0 atom stereocenters. The first kappa shape index (κ1) is 11.0. The van der Waals surface area contributed by atoms with Crippen molar-refractivity contribution in [1.29, 1.82) is 0 Å². The largest absolute Gasteiger partial charge is 0.381 e. The van der Waals surface area contributed by atoms with Gasteiger partial charge in [0.05, 0.1) is 0 Å². The van der Waals surface area contributed by atoms with E-state index in [1.165, 1.54) is 25.7 Å². The highest BCUT2D eigenvalue weighted by molar-refractivity contribution is 5.75. The maximum absolute atomic E-state index is 4.94. The van der Waals surface area contributed by atoms with Gasteiger partial charge in [0.15, 0.2) is 0 Å². The monoisotopic (exact) mass is 155 g/mol. The van der Waals surface area contributed by atoms with Crippen molar-refractivity contribution in [3.05, 3.63) is 0 Å². The second-order valence-electron chi connectivity index (χ2n) is 2.64. The van der Waals surface area contributed by atoms with Crippen LogP contribution < -0.4 is 0 Å². The van der Waals surface area contributed by atoms with Crippen LogP contribution in [-0.2, 0) is 9.47 Å². The first-order valence-electron chi connectivity index (χ1n) is 4.15. The smallest absolute Gasteiger partial charge is 0.0466 e. The zero-order valence-corrected chi connectivity index (χ0v) is 7.05. The molecule has 2 heterocycles. The summed E-state index contributed by atoms with van der Waals surface area (Å²) in [6.45, 7) is 4.00. The molecule has 0 unspecified atom stereocenters. The van der Waals surface area contributed by atoms with Crippen molar-refractivity contribution in [2.24, 2.45) is 0 Å². The van der Waals surface area contributed by atoms with Crippen molar-refractivity contribution in [3.63, 3.8) is 0 Å². The Morgan fingerprint density at radius 1 is 0.545 bits per heavy atom. The summed E-state index contributed by atoms with van der Waals surface area (Å²) < 4.78 is 9.89. The van der Waals surface area contributed by atoms with Gasteiger partial charge in [0.1, 0.15) is 0 Å². The summed E-state index contributed by atoms with van der Waals surface area (Å²) in [5.41, 5.74) is 0. The van der Waals surface area contributed by atoms with Crippen LogP contribution in [0.15, 0.2) is 0 Å². The van der Waals surface area contributed by atoms with Gasteiger partial charge in [-0.05, 0) is 25.7 Å². The van der Waals surface area contributed by atoms with Gasteiger partial charge in [0.2, 0.25) is 0 Å². The molecule has 2 rings (SSSR count). The van der Waals surface area contributed by atoms with E-state index in [1.807, 2.05) is 0 Å². The molecule has 0 aromatic rings. The zero-order chi connectivity index (χ0) is 7.07. The lowest BCUT2D eigenvalue weighted by molar-refractivity contribution is 0.198. The molecule has 2 nitrogen and oxygen atoms in total. The lowest BCUT2D eigenvalue weighted by Gasteiger charge is -1.76. The van der Waals surface area contributed by atoms with E-state index in [0.717, 1.165) is 26.4 Å². The predicted octanol–water partition coefficient (Wildman–Crippen LogP) is 1.21. The van der Waals surface area contributed by atoms with Gasteiger partial charge in [-0.25, -0.2) is 0 Å². The van der Waals surface area contributed by atoms with E-state index in [9.17, 15) is 0 Å². The van der Waals surface area contributed by atoms with Crippen molar-refractivity contribution < 1.29 is 9.47 Å². The third kappa shape index (κ3) is 6.39. The second-order valence-corrected chi connectivity index (χ2v) is 2.64. The minimum absolute atomic E-state index is 0. The van der Waals surface area contributed by atoms with Crippen LogP contribution in [-0.4, -0.2) is 34.8 Å². The lowest BCUT2D eigenvalue weighted by atomic mass is 10.4. The van der Waals surface area contributed by atoms with Crippen molar-refractivity contribution >= 4 is 8.41 Å². The molecule has 0 spiro atoms. The topological polar surface area (TPSA) is 18.5 Å². The molecule has 2 saturated heterocycles. The van der Waals surface area contributed by atoms with E-state index in [4.69, 9.17) is 9.47 Å². The average Bonchev–Trinajstić information content (AvgIpc) is 2.67. The van der Waals surface area contributed by atoms with Gasteiger partial charge >= 0.3 is 0 Å². The van der Waals surface area contributed by atoms with Gasteiger partial charge in [-0.3, -0.25) is 0 Å². The Bertz CT molecular complexity index is 45.3. The van der Waals surface area contributed by atoms with Gasteiger partial charge < -0.3 is 9.47 Å². The molecule has 2 aliphatic rings. The molecule has 0 N–H and O–H groups in total. The molecule has 2 aliphatic heterocycles. The van der Waals surface area contributed by atoms with Crippen LogP contribution in [0.1, 0.15) is 25.7 Å². The Balaban J connectivity index is 0.000000167. The third-order valence-electron chi connectivity index (χ3n) is 1.65. The molecule has 63 valence electrons. The third-order valence-corrected chi connectivity index (χ3v) is 1.65. The number of rotatable bonds is 0. The number of hydrogen-bond donors (Lipinski definition) is 0. The average molecular weight is 155 g/mol. The van der Waals surface area contributed by atoms with Crippen LogP contribution >= 0.6 is 0 Å². The molecule has 11 heavy (non-hydrogen) atoms. The summed E-state index contributed by atoms with van der Waals surface area (Å²) in [6.07, 6.45) is 5.11. The summed E-state index contributed by atoms with van der Waals surface area (Å²) in [5.74, 6) is 0. The molecule has 2 fully saturated rings. The van der Waals surface area contributed by atoms with E-state index >= 15 is 0 Å². The van der Waals surface area contributed by atoms with E-state index < -0.39 is 0 Å². The van der Waals surface area contributed by atoms with Crippen LogP contribution in [0.4, 0.5) is 0 Å². The molecule has 0 aromatic heterocycles. The normalized spacial score (nSPS) is 21.8. The second kappa shape index (κ2) is 8.09. The van der Waals surface area contributed by atoms with Crippen molar-refractivity contribution in [1.82, 2.24) is 0 Å². The summed E-state index contributed by atoms with van der Waals surface area (Å²) in [6, 6.07) is 0. The highest BCUT2D eigenvalue weighted by atomic mass is 16.5. The molecular formula is C8H16BO2. The summed E-state index contributed by atoms with van der Waals surface area (Å²) in [5, 5.41) is 0. The van der Waals surface area contributed by atoms with Gasteiger partial charge in [-0.1, -0.05) is 0 Å². The van der Waals surface area contributed by atoms with Crippen LogP contribution in [0.3, 0.4) is 0 Å². The Morgan fingerprint density at radius 3 is 0.909 bits per heavy atom. The number of ether oxygens (including phenoxy) is 2. The Kier molecular flexibility index (Phi) is 8.07. The van der Waals surface area contributed by atoms with Crippen LogP contribution in [0.5, 0.6) is 0 Å². The van der Waals surface area contributed by atoms with Gasteiger partial charge in [-0.2, -0.15) is 0 Å². The van der Waals surface area contributed by atoms with Crippen LogP contribution in [0, 0.1) is 0 Å². The minimum atomic E-state index is 0. The fraction of sp³-hybridized carbons (Fsp3) is 1.00. The molecular weight excluding hydrogens is 139 g/mol. The molecule has 3 radical (unpaired) electrons. The van der Waals surface area contributed by atoms with Gasteiger partial charge in [0, 0.05) is 34.8 Å². The molecule has 3 heteroatoms. The van der Waals surface area contributed by atoms with E-state index in [-0.39, 0.29) is 8.41 Å². The lowest BCUT2D eigenvalue weighted by Crippen LogP contribution is -1.74.